The van der Waals surface area contributed by atoms with Crippen molar-refractivity contribution >= 4 is 27.3 Å². The number of nitrogens with zero attached hydrogens (tertiary/aromatic N) is 1. The van der Waals surface area contributed by atoms with Crippen LogP contribution in [0, 0.1) is 0 Å². The molecule has 0 aromatic heterocycles. The van der Waals surface area contributed by atoms with Gasteiger partial charge in [-0.15, -0.1) is 0 Å². The summed E-state index contributed by atoms with van der Waals surface area (Å²) >= 11 is 3.53. The van der Waals surface area contributed by atoms with E-state index >= 15 is 0 Å². The number of ether oxygens (including phenoxy) is 1. The third kappa shape index (κ3) is 2.26. The zero-order valence-electron chi connectivity index (χ0n) is 8.74. The van der Waals surface area contributed by atoms with E-state index in [1.165, 1.54) is 5.69 Å². The Balaban J connectivity index is 2.20. The molecule has 82 valence electrons. The second-order valence-electron chi connectivity index (χ2n) is 3.84. The summed E-state index contributed by atoms with van der Waals surface area (Å²) in [6.45, 7) is 1.68. The first kappa shape index (κ1) is 10.8. The Bertz CT molecular complexity index is 350. The standard InChI is InChI=1S/C11H15BrN2O/c1-14(9-4-5-15-7-9)11-3-2-8(13)6-10(11)12/h2-3,6,9H,4-5,7,13H2,1H3. The summed E-state index contributed by atoms with van der Waals surface area (Å²) in [7, 11) is 2.09. The molecule has 3 nitrogen and oxygen atoms in total. The van der Waals surface area contributed by atoms with Crippen molar-refractivity contribution in [3.05, 3.63) is 22.7 Å². The number of hydrogen-bond donors (Lipinski definition) is 1. The van der Waals surface area contributed by atoms with Gasteiger partial charge in [-0.25, -0.2) is 0 Å². The second-order valence-corrected chi connectivity index (χ2v) is 4.69. The van der Waals surface area contributed by atoms with Crippen LogP contribution in [-0.2, 0) is 4.74 Å². The van der Waals surface area contributed by atoms with Crippen molar-refractivity contribution in [2.24, 2.45) is 0 Å². The Morgan fingerprint density at radius 3 is 2.93 bits per heavy atom. The molecule has 1 aromatic rings. The van der Waals surface area contributed by atoms with E-state index in [0.717, 1.165) is 29.8 Å². The van der Waals surface area contributed by atoms with Crippen LogP contribution in [0.3, 0.4) is 0 Å². The summed E-state index contributed by atoms with van der Waals surface area (Å²) in [6, 6.07) is 6.37. The van der Waals surface area contributed by atoms with Crippen LogP contribution in [0.1, 0.15) is 6.42 Å². The van der Waals surface area contributed by atoms with Gasteiger partial charge >= 0.3 is 0 Å². The lowest BCUT2D eigenvalue weighted by atomic mass is 10.2. The van der Waals surface area contributed by atoms with Gasteiger partial charge in [0.2, 0.25) is 0 Å². The van der Waals surface area contributed by atoms with Gasteiger partial charge in [0, 0.05) is 23.8 Å². The van der Waals surface area contributed by atoms with Gasteiger partial charge in [0.05, 0.1) is 18.3 Å². The first-order valence-electron chi connectivity index (χ1n) is 5.04. The number of nitrogens with two attached hydrogens (primary N) is 1. The molecule has 0 aliphatic carbocycles. The molecule has 2 N–H and O–H groups in total. The summed E-state index contributed by atoms with van der Waals surface area (Å²) in [5, 5.41) is 0. The summed E-state index contributed by atoms with van der Waals surface area (Å²) in [4.78, 5) is 2.25. The average molecular weight is 271 g/mol. The molecule has 2 rings (SSSR count). The molecular weight excluding hydrogens is 256 g/mol. The molecule has 15 heavy (non-hydrogen) atoms. The third-order valence-corrected chi connectivity index (χ3v) is 3.44. The third-order valence-electron chi connectivity index (χ3n) is 2.81. The van der Waals surface area contributed by atoms with Gasteiger partial charge in [-0.2, -0.15) is 0 Å². The van der Waals surface area contributed by atoms with Crippen LogP contribution in [0.2, 0.25) is 0 Å². The highest BCUT2D eigenvalue weighted by Gasteiger charge is 2.21. The van der Waals surface area contributed by atoms with E-state index < -0.39 is 0 Å². The number of benzene rings is 1. The maximum Gasteiger partial charge on any atom is 0.0670 e. The number of rotatable bonds is 2. The van der Waals surface area contributed by atoms with E-state index in [9.17, 15) is 0 Å². The van der Waals surface area contributed by atoms with Gasteiger partial charge in [0.25, 0.3) is 0 Å². The summed E-state index contributed by atoms with van der Waals surface area (Å²) in [6.07, 6.45) is 1.09. The van der Waals surface area contributed by atoms with Gasteiger partial charge in [0.1, 0.15) is 0 Å². The maximum atomic E-state index is 5.71. The fourth-order valence-corrected chi connectivity index (χ4v) is 2.51. The molecule has 0 radical (unpaired) electrons. The van der Waals surface area contributed by atoms with Crippen molar-refractivity contribution in [1.29, 1.82) is 0 Å². The molecule has 1 heterocycles. The molecule has 0 bridgehead atoms. The minimum Gasteiger partial charge on any atom is -0.399 e. The molecule has 0 saturated carbocycles. The van der Waals surface area contributed by atoms with Crippen LogP contribution in [0.4, 0.5) is 11.4 Å². The quantitative estimate of drug-likeness (QED) is 0.838. The van der Waals surface area contributed by atoms with Gasteiger partial charge in [-0.05, 0) is 40.5 Å². The highest BCUT2D eigenvalue weighted by Crippen LogP contribution is 2.30. The minimum absolute atomic E-state index is 0.477. The Hall–Kier alpha value is -0.740. The predicted octanol–water partition coefficient (Wildman–Crippen LogP) is 2.26. The highest BCUT2D eigenvalue weighted by molar-refractivity contribution is 9.10. The van der Waals surface area contributed by atoms with Crippen LogP contribution in [0.25, 0.3) is 0 Å². The van der Waals surface area contributed by atoms with Crippen LogP contribution >= 0.6 is 15.9 Å². The Kier molecular flexibility index (Phi) is 3.17. The maximum absolute atomic E-state index is 5.71. The zero-order chi connectivity index (χ0) is 10.8. The molecule has 4 heteroatoms. The minimum atomic E-state index is 0.477. The fourth-order valence-electron chi connectivity index (χ4n) is 1.83. The monoisotopic (exact) mass is 270 g/mol. The SMILES string of the molecule is CN(c1ccc(N)cc1Br)C1CCOC1. The Morgan fingerprint density at radius 1 is 1.53 bits per heavy atom. The molecule has 1 fully saturated rings. The Morgan fingerprint density at radius 2 is 2.33 bits per heavy atom. The molecular formula is C11H15BrN2O. The van der Waals surface area contributed by atoms with Crippen LogP contribution < -0.4 is 10.6 Å². The Labute approximate surface area is 98.3 Å². The van der Waals surface area contributed by atoms with E-state index in [1.807, 2.05) is 18.2 Å². The molecule has 1 unspecified atom stereocenters. The van der Waals surface area contributed by atoms with Crippen molar-refractivity contribution in [2.45, 2.75) is 12.5 Å². The van der Waals surface area contributed by atoms with E-state index in [0.29, 0.717) is 6.04 Å². The van der Waals surface area contributed by atoms with Gasteiger partial charge in [0.15, 0.2) is 0 Å². The molecule has 1 aromatic carbocycles. The zero-order valence-corrected chi connectivity index (χ0v) is 10.3. The largest absolute Gasteiger partial charge is 0.399 e. The first-order chi connectivity index (χ1) is 7.18. The number of nitrogen functional groups attached to an aromatic ring is 1. The molecule has 1 aliphatic heterocycles. The number of hydrogen-bond acceptors (Lipinski definition) is 3. The van der Waals surface area contributed by atoms with E-state index in [-0.39, 0.29) is 0 Å². The van der Waals surface area contributed by atoms with Gasteiger partial charge in [-0.1, -0.05) is 0 Å². The summed E-state index contributed by atoms with van der Waals surface area (Å²) in [5.41, 5.74) is 7.65. The van der Waals surface area contributed by atoms with E-state index in [4.69, 9.17) is 10.5 Å². The fraction of sp³-hybridized carbons (Fsp3) is 0.455. The van der Waals surface area contributed by atoms with Crippen LogP contribution in [-0.4, -0.2) is 26.3 Å². The number of anilines is 2. The number of likely N-dealkylation sites (N-methyl/N-ethyl adjacent to an activating group) is 1. The number of halogens is 1. The van der Waals surface area contributed by atoms with Crippen LogP contribution in [0.5, 0.6) is 0 Å². The highest BCUT2D eigenvalue weighted by atomic mass is 79.9. The van der Waals surface area contributed by atoms with Crippen molar-refractivity contribution < 1.29 is 4.74 Å². The lowest BCUT2D eigenvalue weighted by molar-refractivity contribution is 0.193. The lowest BCUT2D eigenvalue weighted by Gasteiger charge is -2.26. The van der Waals surface area contributed by atoms with Gasteiger partial charge < -0.3 is 15.4 Å². The van der Waals surface area contributed by atoms with Crippen molar-refractivity contribution in [3.8, 4) is 0 Å². The average Bonchev–Trinajstić information content (AvgIpc) is 2.69. The molecule has 1 saturated heterocycles. The molecule has 1 atom stereocenters. The first-order valence-corrected chi connectivity index (χ1v) is 5.83. The summed E-state index contributed by atoms with van der Waals surface area (Å²) in [5.74, 6) is 0. The lowest BCUT2D eigenvalue weighted by Crippen LogP contribution is -2.31. The van der Waals surface area contributed by atoms with E-state index in [1.54, 1.807) is 0 Å². The summed E-state index contributed by atoms with van der Waals surface area (Å²) < 4.78 is 6.42. The van der Waals surface area contributed by atoms with Crippen LogP contribution in [0.15, 0.2) is 22.7 Å². The second kappa shape index (κ2) is 4.41. The van der Waals surface area contributed by atoms with Crippen molar-refractivity contribution in [3.63, 3.8) is 0 Å². The molecule has 0 spiro atoms. The molecule has 1 aliphatic rings. The van der Waals surface area contributed by atoms with E-state index in [2.05, 4.69) is 27.9 Å². The molecule has 0 amide bonds. The van der Waals surface area contributed by atoms with Crippen molar-refractivity contribution in [2.75, 3.05) is 30.9 Å². The topological polar surface area (TPSA) is 38.5 Å². The predicted molar refractivity (Wildman–Crippen MR) is 66.2 cm³/mol. The van der Waals surface area contributed by atoms with Crippen molar-refractivity contribution in [1.82, 2.24) is 0 Å². The normalized spacial score (nSPS) is 20.5. The smallest absolute Gasteiger partial charge is 0.0670 e. The van der Waals surface area contributed by atoms with Gasteiger partial charge in [-0.3, -0.25) is 0 Å².